The number of carbonyl (C=O) groups excluding carboxylic acids is 3. The van der Waals surface area contributed by atoms with Gasteiger partial charge in [0, 0.05) is 31.0 Å². The number of hydrogen-bond donors (Lipinski definition) is 5. The second-order valence-electron chi connectivity index (χ2n) is 16.7. The number of hydrazine groups is 1. The number of aliphatic imine (C=N–C) groups is 1. The molecule has 1 aliphatic heterocycles. The lowest BCUT2D eigenvalue weighted by Gasteiger charge is -2.27. The van der Waals surface area contributed by atoms with E-state index in [2.05, 4.69) is 25.8 Å². The number of benzene rings is 5. The van der Waals surface area contributed by atoms with Crippen LogP contribution in [0.4, 0.5) is 9.59 Å². The molecule has 0 radical (unpaired) electrons. The summed E-state index contributed by atoms with van der Waals surface area (Å²) < 4.78 is 41.9. The van der Waals surface area contributed by atoms with E-state index in [1.807, 2.05) is 112 Å². The molecular weight excluding hydrogens is 819 g/mol. The summed E-state index contributed by atoms with van der Waals surface area (Å²) in [6, 6.07) is 27.8. The Bertz CT molecular complexity index is 2670. The fraction of sp³-hybridized carbons (Fsp3) is 0.333. The highest BCUT2D eigenvalue weighted by Crippen LogP contribution is 2.45. The highest BCUT2D eigenvalue weighted by Gasteiger charge is 2.37. The Morgan fingerprint density at radius 1 is 0.905 bits per heavy atom. The fourth-order valence-corrected chi connectivity index (χ4v) is 10.1. The second-order valence-corrected chi connectivity index (χ2v) is 18.3. The number of fused-ring (bicyclic) bond motifs is 5. The van der Waals surface area contributed by atoms with Gasteiger partial charge in [0.05, 0.1) is 11.4 Å². The molecule has 6 N–H and O–H groups in total. The van der Waals surface area contributed by atoms with Crippen molar-refractivity contribution in [2.24, 2.45) is 10.7 Å². The molecule has 2 aliphatic rings. The van der Waals surface area contributed by atoms with Crippen LogP contribution in [-0.2, 0) is 32.5 Å². The molecule has 14 nitrogen and oxygen atoms in total. The van der Waals surface area contributed by atoms with Crippen LogP contribution in [0.3, 0.4) is 0 Å². The quantitative estimate of drug-likeness (QED) is 0.0361. The molecule has 7 rings (SSSR count). The van der Waals surface area contributed by atoms with Crippen LogP contribution in [-0.4, -0.2) is 68.8 Å². The zero-order valence-corrected chi connectivity index (χ0v) is 37.3. The van der Waals surface area contributed by atoms with Crippen LogP contribution in [0.1, 0.15) is 78.5 Å². The van der Waals surface area contributed by atoms with Crippen molar-refractivity contribution in [3.05, 3.63) is 130 Å². The molecule has 330 valence electrons. The number of rotatable bonds is 13. The van der Waals surface area contributed by atoms with Crippen molar-refractivity contribution in [1.29, 1.82) is 0 Å². The third kappa shape index (κ3) is 9.73. The predicted octanol–water partition coefficient (Wildman–Crippen LogP) is 7.02. The average Bonchev–Trinajstić information content (AvgIpc) is 3.76. The zero-order chi connectivity index (χ0) is 45.1. The lowest BCUT2D eigenvalue weighted by molar-refractivity contribution is -0.127. The number of ether oxygens (including phenoxy) is 2. The summed E-state index contributed by atoms with van der Waals surface area (Å²) >= 11 is 0. The highest BCUT2D eigenvalue weighted by atomic mass is 32.2. The van der Waals surface area contributed by atoms with E-state index in [1.165, 1.54) is 5.01 Å². The fourth-order valence-electron chi connectivity index (χ4n) is 8.55. The second kappa shape index (κ2) is 18.4. The monoisotopic (exact) mass is 873 g/mol. The van der Waals surface area contributed by atoms with Crippen molar-refractivity contribution in [3.63, 3.8) is 0 Å². The van der Waals surface area contributed by atoms with Crippen LogP contribution in [0.5, 0.6) is 5.75 Å². The van der Waals surface area contributed by atoms with E-state index in [9.17, 15) is 22.8 Å². The number of hydrogen-bond acceptors (Lipinski definition) is 8. The average molecular weight is 874 g/mol. The normalized spacial score (nSPS) is 14.5. The molecule has 5 aromatic rings. The number of carbonyl (C=O) groups is 3. The Morgan fingerprint density at radius 3 is 2.24 bits per heavy atom. The predicted molar refractivity (Wildman–Crippen MR) is 244 cm³/mol. The lowest BCUT2D eigenvalue weighted by Crippen LogP contribution is -2.56. The summed E-state index contributed by atoms with van der Waals surface area (Å²) in [5.74, 6) is -0.492. The van der Waals surface area contributed by atoms with Crippen molar-refractivity contribution in [2.45, 2.75) is 89.8 Å². The van der Waals surface area contributed by atoms with E-state index in [0.717, 1.165) is 49.7 Å². The van der Waals surface area contributed by atoms with E-state index >= 15 is 0 Å². The Labute approximate surface area is 368 Å². The number of nitrogens with zero attached hydrogens (tertiary/aromatic N) is 2. The lowest BCUT2D eigenvalue weighted by atomic mass is 9.94. The van der Waals surface area contributed by atoms with Gasteiger partial charge in [-0.05, 0) is 116 Å². The number of nitrogens with two attached hydrogens (primary N) is 1. The van der Waals surface area contributed by atoms with E-state index in [4.69, 9.17) is 15.2 Å². The van der Waals surface area contributed by atoms with Gasteiger partial charge >= 0.3 is 12.1 Å². The molecule has 15 heteroatoms. The van der Waals surface area contributed by atoms with Gasteiger partial charge in [0.2, 0.25) is 5.96 Å². The number of alkyl carbamates (subject to hydrolysis) is 1. The molecule has 1 atom stereocenters. The van der Waals surface area contributed by atoms with E-state index in [1.54, 1.807) is 20.8 Å². The van der Waals surface area contributed by atoms with Gasteiger partial charge in [-0.15, -0.1) is 0 Å². The minimum absolute atomic E-state index is 0.00480. The molecule has 0 spiro atoms. The first-order valence-electron chi connectivity index (χ1n) is 21.2. The molecule has 0 unspecified atom stereocenters. The standard InChI is InChI=1S/C48H55N7O7S/c1-7-50-46(57)55(27-32-22-23-33-15-8-9-16-34(33)25-32)53-44(56)41(52-47(58)61-28-40-37-19-12-10-17-35(37)36-18-11-13-20-38(36)40)21-14-24-51-45(49)54-63(59,60)43-30(3)29(2)42-39(31(43)4)26-48(5,6)62-42/h8-13,15-20,22-23,25,40-41H,7,14,21,24,26-28H2,1-6H3,(H,50,57)(H,52,58)(H,53,56)(H3,49,51,54)/t41-/m1/s1. The Kier molecular flexibility index (Phi) is 13.0. The largest absolute Gasteiger partial charge is 0.487 e. The summed E-state index contributed by atoms with van der Waals surface area (Å²) in [5.41, 5.74) is 16.1. The first kappa shape index (κ1) is 44.4. The van der Waals surface area contributed by atoms with Gasteiger partial charge in [0.1, 0.15) is 24.0 Å². The third-order valence-corrected chi connectivity index (χ3v) is 13.3. The first-order valence-corrected chi connectivity index (χ1v) is 22.6. The van der Waals surface area contributed by atoms with Crippen molar-refractivity contribution in [3.8, 4) is 16.9 Å². The summed E-state index contributed by atoms with van der Waals surface area (Å²) in [5, 5.41) is 8.63. The number of sulfonamides is 1. The summed E-state index contributed by atoms with van der Waals surface area (Å²) in [4.78, 5) is 45.4. The number of urea groups is 1. The van der Waals surface area contributed by atoms with E-state index in [-0.39, 0.29) is 49.3 Å². The molecule has 0 saturated heterocycles. The Morgan fingerprint density at radius 2 is 1.56 bits per heavy atom. The minimum Gasteiger partial charge on any atom is -0.487 e. The Hall–Kier alpha value is -6.61. The highest BCUT2D eigenvalue weighted by molar-refractivity contribution is 7.90. The molecule has 63 heavy (non-hydrogen) atoms. The van der Waals surface area contributed by atoms with Gasteiger partial charge in [-0.2, -0.15) is 0 Å². The van der Waals surface area contributed by atoms with Gasteiger partial charge in [-0.3, -0.25) is 15.2 Å². The molecule has 0 fully saturated rings. The maximum Gasteiger partial charge on any atom is 0.407 e. The van der Waals surface area contributed by atoms with Gasteiger partial charge in [-0.1, -0.05) is 84.9 Å². The number of nitrogens with one attached hydrogen (secondary N) is 4. The zero-order valence-electron chi connectivity index (χ0n) is 36.5. The smallest absolute Gasteiger partial charge is 0.407 e. The van der Waals surface area contributed by atoms with E-state index < -0.39 is 39.7 Å². The third-order valence-electron chi connectivity index (χ3n) is 11.7. The molecule has 0 saturated carbocycles. The maximum absolute atomic E-state index is 14.1. The topological polar surface area (TPSA) is 194 Å². The van der Waals surface area contributed by atoms with Gasteiger partial charge in [0.25, 0.3) is 15.9 Å². The summed E-state index contributed by atoms with van der Waals surface area (Å²) in [7, 11) is -4.14. The van der Waals surface area contributed by atoms with Crippen molar-refractivity contribution < 1.29 is 32.3 Å². The summed E-state index contributed by atoms with van der Waals surface area (Å²) in [6.45, 7) is 11.4. The van der Waals surface area contributed by atoms with Crippen molar-refractivity contribution in [1.82, 2.24) is 25.8 Å². The van der Waals surface area contributed by atoms with Crippen LogP contribution >= 0.6 is 0 Å². The van der Waals surface area contributed by atoms with Crippen molar-refractivity contribution in [2.75, 3.05) is 19.7 Å². The molecule has 1 aliphatic carbocycles. The minimum atomic E-state index is -4.14. The number of amides is 4. The van der Waals surface area contributed by atoms with Crippen LogP contribution in [0.2, 0.25) is 0 Å². The molecule has 0 aromatic heterocycles. The maximum atomic E-state index is 14.1. The summed E-state index contributed by atoms with van der Waals surface area (Å²) in [6.07, 6.45) is -0.0315. The molecule has 4 amide bonds. The van der Waals surface area contributed by atoms with Gasteiger partial charge < -0.3 is 25.8 Å². The number of guanidine groups is 1. The SMILES string of the molecule is CCNC(=O)N(Cc1ccc2ccccc2c1)NC(=O)[C@@H](CCCN=C(N)NS(=O)(=O)c1c(C)c(C)c2c(c1C)CC(C)(C)O2)NC(=O)OCC1c2ccccc2-c2ccccc21. The van der Waals surface area contributed by atoms with E-state index in [0.29, 0.717) is 29.8 Å². The van der Waals surface area contributed by atoms with Crippen LogP contribution in [0, 0.1) is 20.8 Å². The Balaban J connectivity index is 1.06. The molecule has 0 bridgehead atoms. The van der Waals surface area contributed by atoms with Crippen LogP contribution in [0.15, 0.2) is 101 Å². The van der Waals surface area contributed by atoms with Crippen LogP contribution < -0.4 is 31.3 Å². The van der Waals surface area contributed by atoms with Gasteiger partial charge in [-0.25, -0.2) is 27.7 Å². The van der Waals surface area contributed by atoms with Crippen molar-refractivity contribution >= 4 is 44.8 Å². The molecule has 1 heterocycles. The van der Waals surface area contributed by atoms with Gasteiger partial charge in [0.15, 0.2) is 0 Å². The molecule has 5 aromatic carbocycles. The van der Waals surface area contributed by atoms with Crippen LogP contribution in [0.25, 0.3) is 21.9 Å². The first-order chi connectivity index (χ1) is 30.1. The molecular formula is C48H55N7O7S.